The largest absolute Gasteiger partial charge is 0.477 e. The molecule has 142 valence electrons. The van der Waals surface area contributed by atoms with Crippen molar-refractivity contribution in [2.75, 3.05) is 24.5 Å². The van der Waals surface area contributed by atoms with Gasteiger partial charge in [-0.2, -0.15) is 0 Å². The Morgan fingerprint density at radius 2 is 1.96 bits per heavy atom. The van der Waals surface area contributed by atoms with E-state index >= 15 is 0 Å². The van der Waals surface area contributed by atoms with Crippen LogP contribution in [0.1, 0.15) is 48.2 Å². The summed E-state index contributed by atoms with van der Waals surface area (Å²) in [7, 11) is 0. The summed E-state index contributed by atoms with van der Waals surface area (Å²) >= 11 is 0. The van der Waals surface area contributed by atoms with Gasteiger partial charge in [0.05, 0.1) is 11.9 Å². The van der Waals surface area contributed by atoms with E-state index in [9.17, 15) is 4.79 Å². The Bertz CT molecular complexity index is 783. The van der Waals surface area contributed by atoms with E-state index in [0.717, 1.165) is 38.2 Å². The molecule has 1 aromatic heterocycles. The Labute approximate surface area is 160 Å². The second kappa shape index (κ2) is 7.31. The maximum atomic E-state index is 10.9. The van der Waals surface area contributed by atoms with Crippen molar-refractivity contribution in [1.82, 2.24) is 10.3 Å². The van der Waals surface area contributed by atoms with Crippen molar-refractivity contribution in [2.24, 2.45) is 5.41 Å². The van der Waals surface area contributed by atoms with Gasteiger partial charge in [0.25, 0.3) is 0 Å². The Hall–Kier alpha value is -2.40. The van der Waals surface area contributed by atoms with Gasteiger partial charge in [-0.25, -0.2) is 9.78 Å². The van der Waals surface area contributed by atoms with Gasteiger partial charge in [0.2, 0.25) is 0 Å². The molecule has 2 fully saturated rings. The van der Waals surface area contributed by atoms with Crippen LogP contribution in [0.15, 0.2) is 48.7 Å². The molecule has 5 nitrogen and oxygen atoms in total. The first-order valence-corrected chi connectivity index (χ1v) is 9.77. The molecule has 1 aromatic carbocycles. The number of carbonyl (C=O) groups is 1. The molecule has 2 aliphatic rings. The molecule has 1 saturated carbocycles. The van der Waals surface area contributed by atoms with Gasteiger partial charge >= 0.3 is 5.97 Å². The van der Waals surface area contributed by atoms with Crippen molar-refractivity contribution >= 4 is 11.7 Å². The molecule has 2 aromatic rings. The van der Waals surface area contributed by atoms with Crippen LogP contribution in [0.2, 0.25) is 0 Å². The number of carboxylic acid groups (broad SMARTS) is 1. The van der Waals surface area contributed by atoms with Gasteiger partial charge in [0, 0.05) is 31.6 Å². The first kappa shape index (κ1) is 18.0. The minimum atomic E-state index is -0.979. The quantitative estimate of drug-likeness (QED) is 0.820. The molecule has 27 heavy (non-hydrogen) atoms. The van der Waals surface area contributed by atoms with Crippen molar-refractivity contribution in [3.63, 3.8) is 0 Å². The van der Waals surface area contributed by atoms with Gasteiger partial charge in [-0.1, -0.05) is 37.3 Å². The smallest absolute Gasteiger partial charge is 0.354 e. The van der Waals surface area contributed by atoms with Crippen LogP contribution in [-0.4, -0.2) is 41.7 Å². The summed E-state index contributed by atoms with van der Waals surface area (Å²) in [5, 5.41) is 12.8. The van der Waals surface area contributed by atoms with Crippen LogP contribution in [0.4, 0.5) is 5.69 Å². The lowest BCUT2D eigenvalue weighted by Gasteiger charge is -2.40. The maximum Gasteiger partial charge on any atom is 0.354 e. The number of nitrogens with zero attached hydrogens (tertiary/aromatic N) is 2. The standard InChI is InChI=1S/C22H27N3O2/c1-22(15-24-20-13-18(20)16-5-3-2-4-6-16)9-11-25(12-10-22)17-7-8-19(21(26)27)23-14-17/h2-8,14,18,20,24H,9-13,15H2,1H3,(H,26,27)/t18-,20?/m0/s1. The highest BCUT2D eigenvalue weighted by atomic mass is 16.4. The number of aromatic nitrogens is 1. The highest BCUT2D eigenvalue weighted by Gasteiger charge is 2.40. The van der Waals surface area contributed by atoms with Crippen LogP contribution in [0.25, 0.3) is 0 Å². The highest BCUT2D eigenvalue weighted by Crippen LogP contribution is 2.41. The van der Waals surface area contributed by atoms with Gasteiger partial charge in [-0.15, -0.1) is 0 Å². The molecule has 5 heteroatoms. The van der Waals surface area contributed by atoms with E-state index in [1.54, 1.807) is 12.3 Å². The lowest BCUT2D eigenvalue weighted by Crippen LogP contribution is -2.44. The van der Waals surface area contributed by atoms with E-state index in [0.29, 0.717) is 17.4 Å². The molecule has 2 N–H and O–H groups in total. The van der Waals surface area contributed by atoms with E-state index in [2.05, 4.69) is 52.5 Å². The molecule has 0 amide bonds. The normalized spacial score (nSPS) is 23.8. The Morgan fingerprint density at radius 1 is 1.22 bits per heavy atom. The van der Waals surface area contributed by atoms with E-state index in [-0.39, 0.29) is 5.69 Å². The molecule has 1 saturated heterocycles. The summed E-state index contributed by atoms with van der Waals surface area (Å²) in [6, 6.07) is 14.9. The Morgan fingerprint density at radius 3 is 2.59 bits per heavy atom. The first-order valence-electron chi connectivity index (χ1n) is 9.77. The molecule has 1 unspecified atom stereocenters. The third-order valence-corrected chi connectivity index (χ3v) is 6.11. The fourth-order valence-electron chi connectivity index (χ4n) is 4.05. The van der Waals surface area contributed by atoms with Gasteiger partial charge in [-0.3, -0.25) is 0 Å². The number of piperidine rings is 1. The zero-order valence-corrected chi connectivity index (χ0v) is 15.8. The Kier molecular flexibility index (Phi) is 4.87. The third kappa shape index (κ3) is 4.14. The van der Waals surface area contributed by atoms with Crippen molar-refractivity contribution < 1.29 is 9.90 Å². The average molecular weight is 365 g/mol. The maximum absolute atomic E-state index is 10.9. The van der Waals surface area contributed by atoms with E-state index < -0.39 is 5.97 Å². The summed E-state index contributed by atoms with van der Waals surface area (Å²) < 4.78 is 0. The summed E-state index contributed by atoms with van der Waals surface area (Å²) in [5.41, 5.74) is 2.88. The molecule has 1 aliphatic heterocycles. The minimum absolute atomic E-state index is 0.0993. The van der Waals surface area contributed by atoms with Gasteiger partial charge in [-0.05, 0) is 42.4 Å². The van der Waals surface area contributed by atoms with Crippen LogP contribution in [0.3, 0.4) is 0 Å². The lowest BCUT2D eigenvalue weighted by molar-refractivity contribution is 0.0690. The highest BCUT2D eigenvalue weighted by molar-refractivity contribution is 5.85. The second-order valence-corrected chi connectivity index (χ2v) is 8.24. The molecule has 2 heterocycles. The third-order valence-electron chi connectivity index (χ3n) is 6.11. The fourth-order valence-corrected chi connectivity index (χ4v) is 4.05. The number of nitrogens with one attached hydrogen (secondary N) is 1. The summed E-state index contributed by atoms with van der Waals surface area (Å²) in [6.45, 7) is 5.41. The Balaban J connectivity index is 1.26. The van der Waals surface area contributed by atoms with Crippen molar-refractivity contribution in [1.29, 1.82) is 0 Å². The minimum Gasteiger partial charge on any atom is -0.477 e. The summed E-state index contributed by atoms with van der Waals surface area (Å²) in [6.07, 6.45) is 5.18. The predicted octanol–water partition coefficient (Wildman–Crippen LogP) is 3.53. The zero-order chi connectivity index (χ0) is 18.9. The van der Waals surface area contributed by atoms with Crippen LogP contribution in [0.5, 0.6) is 0 Å². The second-order valence-electron chi connectivity index (χ2n) is 8.24. The van der Waals surface area contributed by atoms with Gasteiger partial charge in [0.15, 0.2) is 0 Å². The number of carboxylic acids is 1. The van der Waals surface area contributed by atoms with Gasteiger partial charge < -0.3 is 15.3 Å². The lowest BCUT2D eigenvalue weighted by atomic mass is 9.80. The van der Waals surface area contributed by atoms with E-state index in [1.807, 2.05) is 6.07 Å². The monoisotopic (exact) mass is 365 g/mol. The zero-order valence-electron chi connectivity index (χ0n) is 15.8. The molecule has 1 aliphatic carbocycles. The van der Waals surface area contributed by atoms with E-state index in [4.69, 9.17) is 5.11 Å². The van der Waals surface area contributed by atoms with Gasteiger partial charge in [0.1, 0.15) is 5.69 Å². The molecule has 2 atom stereocenters. The molecular weight excluding hydrogens is 338 g/mol. The summed E-state index contributed by atoms with van der Waals surface area (Å²) in [4.78, 5) is 17.3. The number of hydrogen-bond donors (Lipinski definition) is 2. The fraction of sp³-hybridized carbons (Fsp3) is 0.455. The molecule has 4 rings (SSSR count). The van der Waals surface area contributed by atoms with Crippen molar-refractivity contribution in [3.05, 3.63) is 59.9 Å². The number of anilines is 1. The SMILES string of the molecule is CC1(CNC2C[C@H]2c2ccccc2)CCN(c2ccc(C(=O)O)nc2)CC1. The number of rotatable bonds is 6. The molecular formula is C22H27N3O2. The molecule has 0 spiro atoms. The molecule has 0 bridgehead atoms. The van der Waals surface area contributed by atoms with Crippen LogP contribution in [-0.2, 0) is 0 Å². The average Bonchev–Trinajstić information content (AvgIpc) is 3.48. The van der Waals surface area contributed by atoms with Crippen LogP contribution < -0.4 is 10.2 Å². The number of hydrogen-bond acceptors (Lipinski definition) is 4. The van der Waals surface area contributed by atoms with Crippen LogP contribution in [0, 0.1) is 5.41 Å². The first-order chi connectivity index (χ1) is 13.0. The predicted molar refractivity (Wildman–Crippen MR) is 106 cm³/mol. The van der Waals surface area contributed by atoms with Crippen molar-refractivity contribution in [2.45, 2.75) is 38.1 Å². The molecule has 0 radical (unpaired) electrons. The van der Waals surface area contributed by atoms with Crippen molar-refractivity contribution in [3.8, 4) is 0 Å². The summed E-state index contributed by atoms with van der Waals surface area (Å²) in [5.74, 6) is -0.304. The van der Waals surface area contributed by atoms with E-state index in [1.165, 1.54) is 12.0 Å². The number of pyridine rings is 1. The number of aromatic carboxylic acids is 1. The van der Waals surface area contributed by atoms with Crippen LogP contribution >= 0.6 is 0 Å². The number of benzene rings is 1. The topological polar surface area (TPSA) is 65.5 Å².